The lowest BCUT2D eigenvalue weighted by atomic mass is 9.99. The molecule has 0 bridgehead atoms. The van der Waals surface area contributed by atoms with E-state index in [1.165, 1.54) is 35.3 Å². The molecule has 3 aromatic carbocycles. The predicted molar refractivity (Wildman–Crippen MR) is 182 cm³/mol. The molecule has 3 rings (SSSR count). The first-order chi connectivity index (χ1) is 22.7. The van der Waals surface area contributed by atoms with Gasteiger partial charge in [0.1, 0.15) is 5.75 Å². The Morgan fingerprint density at radius 3 is 1.96 bits per heavy atom. The highest BCUT2D eigenvalue weighted by atomic mass is 32.2. The third-order valence-corrected chi connectivity index (χ3v) is 9.68. The molecule has 0 saturated heterocycles. The summed E-state index contributed by atoms with van der Waals surface area (Å²) in [5.41, 5.74) is 0.428. The lowest BCUT2D eigenvalue weighted by Crippen LogP contribution is -2.53. The summed E-state index contributed by atoms with van der Waals surface area (Å²) in [5.74, 6) is -1.23. The van der Waals surface area contributed by atoms with E-state index in [-0.39, 0.29) is 41.3 Å². The van der Waals surface area contributed by atoms with Crippen molar-refractivity contribution in [3.63, 3.8) is 0 Å². The Balaban J connectivity index is 1.97. The molecule has 2 unspecified atom stereocenters. The van der Waals surface area contributed by atoms with E-state index in [1.807, 2.05) is 20.8 Å². The quantitative estimate of drug-likeness (QED) is 0.124. The second kappa shape index (κ2) is 17.5. The summed E-state index contributed by atoms with van der Waals surface area (Å²) < 4.78 is 50.9. The van der Waals surface area contributed by atoms with Crippen molar-refractivity contribution in [2.75, 3.05) is 26.2 Å². The minimum atomic E-state index is -4.32. The van der Waals surface area contributed by atoms with E-state index in [0.717, 1.165) is 12.1 Å². The highest BCUT2D eigenvalue weighted by molar-refractivity contribution is 7.89. The van der Waals surface area contributed by atoms with Crippen LogP contribution in [-0.2, 0) is 26.5 Å². The van der Waals surface area contributed by atoms with E-state index in [1.54, 1.807) is 35.2 Å². The van der Waals surface area contributed by atoms with Crippen molar-refractivity contribution in [1.82, 2.24) is 20.1 Å². The Morgan fingerprint density at radius 2 is 1.40 bits per heavy atom. The molecule has 2 amide bonds. The van der Waals surface area contributed by atoms with Gasteiger partial charge in [0.25, 0.3) is 21.8 Å². The number of carbonyl (C=O) groups excluding carboxylic acids is 2. The average molecular weight is 704 g/mol. The van der Waals surface area contributed by atoms with Gasteiger partial charge in [-0.3, -0.25) is 9.59 Å². The second-order valence-corrected chi connectivity index (χ2v) is 14.7. The van der Waals surface area contributed by atoms with Gasteiger partial charge >= 0.3 is 0 Å². The molecule has 48 heavy (non-hydrogen) atoms. The molecule has 6 N–H and O–H groups in total. The highest BCUT2D eigenvalue weighted by Crippen LogP contribution is 2.19. The number of amides is 2. The molecular formula is C33H45N5O8S2. The van der Waals surface area contributed by atoms with Gasteiger partial charge in [0.15, 0.2) is 0 Å². The first-order valence-electron chi connectivity index (χ1n) is 15.7. The number of nitrogens with one attached hydrogen (secondary N) is 2. The Morgan fingerprint density at radius 1 is 0.812 bits per heavy atom. The minimum Gasteiger partial charge on any atom is -0.508 e. The van der Waals surface area contributed by atoms with Crippen LogP contribution in [-0.4, -0.2) is 87.1 Å². The zero-order chi connectivity index (χ0) is 35.5. The summed E-state index contributed by atoms with van der Waals surface area (Å²) in [4.78, 5) is 30.9. The van der Waals surface area contributed by atoms with Gasteiger partial charge in [0.2, 0.25) is 10.0 Å². The molecule has 15 heteroatoms. The van der Waals surface area contributed by atoms with Crippen LogP contribution in [0, 0.1) is 0 Å². The maximum Gasteiger partial charge on any atom is 0.253 e. The number of nitrogens with two attached hydrogens (primary N) is 1. The molecular weight excluding hydrogens is 659 g/mol. The standard InChI is InChI=1S/C33H45N5O8S2/c1-4-16-37(17-5-2)33(42)26-20-25(21-29(22-26)47(34,43)44)32(41)35-30(19-24-12-14-27(39)15-13-24)31(40)23-38(18-6-3)36-48(45,46)28-10-8-7-9-11-28/h7-15,20-22,30-31,36,39-40H,4-6,16-19,23H2,1-3H3,(H,35,41)(H2,34,43,44). The van der Waals surface area contributed by atoms with Crippen molar-refractivity contribution in [3.05, 3.63) is 89.5 Å². The number of primary sulfonamides is 1. The highest BCUT2D eigenvalue weighted by Gasteiger charge is 2.28. The number of aliphatic hydroxyl groups excluding tert-OH is 1. The largest absolute Gasteiger partial charge is 0.508 e. The number of rotatable bonds is 18. The molecule has 0 aliphatic heterocycles. The number of hydrazine groups is 1. The van der Waals surface area contributed by atoms with Gasteiger partial charge in [-0.15, -0.1) is 4.83 Å². The zero-order valence-corrected chi connectivity index (χ0v) is 29.0. The van der Waals surface area contributed by atoms with Gasteiger partial charge in [0, 0.05) is 37.3 Å². The number of phenols is 1. The van der Waals surface area contributed by atoms with E-state index in [9.17, 15) is 36.6 Å². The molecule has 0 saturated carbocycles. The topological polar surface area (TPSA) is 199 Å². The smallest absolute Gasteiger partial charge is 0.253 e. The van der Waals surface area contributed by atoms with Crippen molar-refractivity contribution in [2.45, 2.75) is 68.4 Å². The molecule has 0 heterocycles. The SMILES string of the molecule is CCCN(CC(O)C(Cc1ccc(O)cc1)NC(=O)c1cc(C(=O)N(CCC)CCC)cc(S(N)(=O)=O)c1)NS(=O)(=O)c1ccccc1. The molecule has 3 aromatic rings. The number of phenolic OH excluding ortho intramolecular Hbond substituents is 1. The van der Waals surface area contributed by atoms with Crippen LogP contribution in [0.3, 0.4) is 0 Å². The second-order valence-electron chi connectivity index (χ2n) is 11.5. The number of aromatic hydroxyl groups is 1. The van der Waals surface area contributed by atoms with Crippen LogP contribution in [0.2, 0.25) is 0 Å². The fourth-order valence-electron chi connectivity index (χ4n) is 5.10. The molecule has 2 atom stereocenters. The zero-order valence-electron chi connectivity index (χ0n) is 27.4. The van der Waals surface area contributed by atoms with Crippen LogP contribution >= 0.6 is 0 Å². The van der Waals surface area contributed by atoms with Crippen LogP contribution in [0.25, 0.3) is 0 Å². The normalized spacial score (nSPS) is 13.2. The third-order valence-electron chi connectivity index (χ3n) is 7.40. The summed E-state index contributed by atoms with van der Waals surface area (Å²) in [7, 11) is -8.31. The van der Waals surface area contributed by atoms with Crippen LogP contribution < -0.4 is 15.3 Å². The van der Waals surface area contributed by atoms with Crippen LogP contribution in [0.1, 0.15) is 66.3 Å². The lowest BCUT2D eigenvalue weighted by molar-refractivity contribution is 0.0618. The number of hydrogen-bond donors (Lipinski definition) is 5. The average Bonchev–Trinajstić information content (AvgIpc) is 3.04. The fourth-order valence-corrected chi connectivity index (χ4v) is 6.80. The molecule has 0 spiro atoms. The lowest BCUT2D eigenvalue weighted by Gasteiger charge is -2.30. The Hall–Kier alpha value is -3.86. The number of hydrogen-bond acceptors (Lipinski definition) is 9. The summed E-state index contributed by atoms with van der Waals surface area (Å²) in [6, 6.07) is 16.3. The number of nitrogens with zero attached hydrogens (tertiary/aromatic N) is 2. The van der Waals surface area contributed by atoms with Gasteiger partial charge in [-0.25, -0.2) is 27.0 Å². The number of carbonyl (C=O) groups is 2. The van der Waals surface area contributed by atoms with E-state index in [0.29, 0.717) is 37.9 Å². The summed E-state index contributed by atoms with van der Waals surface area (Å²) in [6.45, 7) is 6.51. The Labute approximate surface area is 282 Å². The molecule has 0 aliphatic carbocycles. The Bertz CT molecular complexity index is 1730. The first kappa shape index (κ1) is 38.6. The molecule has 13 nitrogen and oxygen atoms in total. The monoisotopic (exact) mass is 703 g/mol. The molecule has 0 aromatic heterocycles. The van der Waals surface area contributed by atoms with Crippen LogP contribution in [0.5, 0.6) is 5.75 Å². The van der Waals surface area contributed by atoms with E-state index < -0.39 is 48.9 Å². The first-order valence-corrected chi connectivity index (χ1v) is 18.8. The van der Waals surface area contributed by atoms with Gasteiger partial charge in [-0.05, 0) is 73.7 Å². The van der Waals surface area contributed by atoms with E-state index in [4.69, 9.17) is 5.14 Å². The van der Waals surface area contributed by atoms with E-state index >= 15 is 0 Å². The van der Waals surface area contributed by atoms with Gasteiger partial charge in [0.05, 0.1) is 21.9 Å². The van der Waals surface area contributed by atoms with E-state index in [2.05, 4.69) is 10.1 Å². The molecule has 262 valence electrons. The van der Waals surface area contributed by atoms with Crippen molar-refractivity contribution >= 4 is 31.9 Å². The maximum absolute atomic E-state index is 13.8. The number of sulfonamides is 2. The van der Waals surface area contributed by atoms with Crippen molar-refractivity contribution in [1.29, 1.82) is 0 Å². The maximum atomic E-state index is 13.8. The fraction of sp³-hybridized carbons (Fsp3) is 0.394. The molecule has 0 fully saturated rings. The minimum absolute atomic E-state index is 0.0153. The van der Waals surface area contributed by atoms with Crippen LogP contribution in [0.15, 0.2) is 82.6 Å². The van der Waals surface area contributed by atoms with Crippen LogP contribution in [0.4, 0.5) is 0 Å². The van der Waals surface area contributed by atoms with Crippen molar-refractivity contribution in [3.8, 4) is 5.75 Å². The summed E-state index contributed by atoms with van der Waals surface area (Å²) in [6.07, 6.45) is 0.575. The van der Waals surface area contributed by atoms with Gasteiger partial charge < -0.3 is 20.4 Å². The number of benzene rings is 3. The summed E-state index contributed by atoms with van der Waals surface area (Å²) >= 11 is 0. The predicted octanol–water partition coefficient (Wildman–Crippen LogP) is 2.61. The van der Waals surface area contributed by atoms with Gasteiger partial charge in [-0.2, -0.15) is 0 Å². The Kier molecular flexibility index (Phi) is 14.1. The number of aliphatic hydroxyl groups is 1. The molecule has 0 radical (unpaired) electrons. The van der Waals surface area contributed by atoms with Gasteiger partial charge in [-0.1, -0.05) is 51.1 Å². The van der Waals surface area contributed by atoms with Crippen molar-refractivity contribution in [2.24, 2.45) is 5.14 Å². The molecule has 0 aliphatic rings. The third kappa shape index (κ3) is 11.1. The van der Waals surface area contributed by atoms with Crippen molar-refractivity contribution < 1.29 is 36.6 Å². The summed E-state index contributed by atoms with van der Waals surface area (Å²) in [5, 5.41) is 30.8.